The normalized spacial score (nSPS) is 23.7. The summed E-state index contributed by atoms with van der Waals surface area (Å²) >= 11 is 0.637. The van der Waals surface area contributed by atoms with Crippen molar-refractivity contribution in [2.75, 3.05) is 71.9 Å². The topological polar surface area (TPSA) is 709 Å². The standard InChI is InChI=1S/C101H139N23O24S/c1-8-11-29-78-95(142)114-71(36-37-86(131)132)93(140)119-77(91(138)109-52-84(129)111-69(22-10-3)90(137)108-51-83(104)128)54-149-55-85(130)112-74(41-58-32-34-63(125)35-33-58)97(144)120(5)57(4)88(135)117-76(47-87(133)134)100(147)123-40-21-31-79(123)96(143)116-73(45-62-50-105-56-110-62)94(141)115-72(28-18-20-39-103)99(146)124-53-64(126)46-81(124)82(127)44-59(42-60-48-106-67-25-15-13-23-65(60)67)89(136)113-70(27-17-19-38-102)92(139)118-75(43-61-49-107-68-26-16-14-24-66(61)68)98(145)122(7)80(30-12-9-2)101(148)121(78)6/h3,13-16,23-26,32-35,48-50,56-57,59,64,69-81,106-107,125-126H,8-9,11-12,17-22,27-31,36-47,51-55,102-103H2,1-2,4-7H3,(H2,104,128)(H,105,110)(H,108,137)(H,109,138)(H,111,129)(H,112,130)(H,113,136)(H,114,142)(H,115,141)(H,116,143)(H,117,135)(H,118,139)(H,119,140)(H,131,132)(H,133,134)/t57-,59+,64+,69-,70-,71-,72-,73-,74-,75-,76-,77-,78-,79-,80-,81-/m0/s1. The molecule has 3 aliphatic heterocycles. The summed E-state index contributed by atoms with van der Waals surface area (Å²) in [5, 5.41) is 72.1. The second-order valence-corrected chi connectivity index (χ2v) is 38.7. The summed E-state index contributed by atoms with van der Waals surface area (Å²) in [6.45, 7) is 2.84. The van der Waals surface area contributed by atoms with Crippen molar-refractivity contribution in [3.63, 3.8) is 0 Å². The molecule has 17 amide bonds. The van der Waals surface area contributed by atoms with Crippen LogP contribution in [0.2, 0.25) is 0 Å². The van der Waals surface area contributed by atoms with E-state index in [1.54, 1.807) is 67.8 Å². The predicted molar refractivity (Wildman–Crippen MR) is 545 cm³/mol. The first-order chi connectivity index (χ1) is 71.2. The lowest BCUT2D eigenvalue weighted by Crippen LogP contribution is -2.60. The highest BCUT2D eigenvalue weighted by molar-refractivity contribution is 8.00. The number of hydrogen-bond acceptors (Lipinski definition) is 26. The number of likely N-dealkylation sites (N-methyl/N-ethyl adjacent to an activating group) is 3. The van der Waals surface area contributed by atoms with Crippen LogP contribution in [-0.4, -0.2) is 346 Å². The summed E-state index contributed by atoms with van der Waals surface area (Å²) in [6, 6.07) is -2.89. The predicted octanol–water partition coefficient (Wildman–Crippen LogP) is -1.79. The highest BCUT2D eigenvalue weighted by Gasteiger charge is 2.47. The van der Waals surface area contributed by atoms with Crippen molar-refractivity contribution < 1.29 is 116 Å². The molecule has 0 bridgehead atoms. The second-order valence-electron chi connectivity index (χ2n) is 37.6. The molecule has 0 unspecified atom stereocenters. The van der Waals surface area contributed by atoms with Gasteiger partial charge in [0.05, 0.1) is 49.4 Å². The van der Waals surface area contributed by atoms with Gasteiger partial charge < -0.3 is 136 Å². The molecule has 3 aliphatic rings. The molecule has 0 saturated carbocycles. The zero-order valence-corrected chi connectivity index (χ0v) is 85.3. The van der Waals surface area contributed by atoms with Gasteiger partial charge in [0.2, 0.25) is 100 Å². The number of imidazole rings is 1. The lowest BCUT2D eigenvalue weighted by Gasteiger charge is -2.36. The molecule has 0 spiro atoms. The molecular weight excluding hydrogens is 1950 g/mol. The molecular formula is C101H139N23O24S. The van der Waals surface area contributed by atoms with E-state index in [9.17, 15) is 63.6 Å². The molecule has 0 aliphatic carbocycles. The number of amides is 17. The van der Waals surface area contributed by atoms with Gasteiger partial charge in [-0.1, -0.05) is 88.1 Å². The SMILES string of the molecule is C#CC[C@H](NC(=O)CNC(=O)[C@@H]1CSCC(=O)N[C@@H](Cc2ccc(O)cc2)C(=O)N(C)[C@@H](C)C(=O)N[C@@H](CC(=O)O)C(=O)N2CCC[C@H]2C(=O)N[C@@H](Cc2c[nH]cn2)C(=O)N[C@@H](CCCCN)C(=O)N2C[C@H](O)C[C@H]2C(=O)C[C@@H](Cc2c[nH]c3ccccc23)C(=O)N[C@@H](CCCCN)C(=O)N[C@@H](Cc2c[nH]c3ccccc23)C(=O)N(C)[C@@H](CCCC)C(=O)N(C)[C@@H](CCCC)C(=O)N[C@@H](CCC(=O)O)C(=O)N1)C(=O)NCC(N)=O. The maximum atomic E-state index is 16.0. The fraction of sp³-hybridized carbons (Fsp3) is 0.535. The highest BCUT2D eigenvalue weighted by atomic mass is 32.2. The summed E-state index contributed by atoms with van der Waals surface area (Å²) in [5.41, 5.74) is 20.2. The number of ketones is 1. The van der Waals surface area contributed by atoms with E-state index >= 15 is 52.7 Å². The Hall–Kier alpha value is -14.9. The van der Waals surface area contributed by atoms with Crippen LogP contribution in [0.1, 0.15) is 172 Å². The number of carbonyl (C=O) groups excluding carboxylic acids is 18. The van der Waals surface area contributed by atoms with Crippen LogP contribution in [-0.2, 0) is 122 Å². The number of aliphatic hydroxyl groups is 1. The number of unbranched alkanes of at least 4 members (excludes halogenated alkanes) is 4. The molecule has 3 saturated heterocycles. The summed E-state index contributed by atoms with van der Waals surface area (Å²) < 4.78 is 0. The van der Waals surface area contributed by atoms with Gasteiger partial charge in [0.15, 0.2) is 5.78 Å². The van der Waals surface area contributed by atoms with Crippen LogP contribution in [0.25, 0.3) is 21.8 Å². The molecule has 48 heteroatoms. The number of aromatic hydroxyl groups is 1. The van der Waals surface area contributed by atoms with E-state index in [1.807, 2.05) is 6.92 Å². The van der Waals surface area contributed by atoms with Crippen molar-refractivity contribution in [3.8, 4) is 18.1 Å². The Labute approximate surface area is 865 Å². The number of hydrogen-bond donors (Lipinski definition) is 21. The van der Waals surface area contributed by atoms with Crippen LogP contribution >= 0.6 is 11.8 Å². The Balaban J connectivity index is 1.13. The number of nitrogens with one attached hydrogen (secondary N) is 14. The van der Waals surface area contributed by atoms with Crippen LogP contribution in [0, 0.1) is 18.3 Å². The van der Waals surface area contributed by atoms with Gasteiger partial charge in [0.25, 0.3) is 0 Å². The smallest absolute Gasteiger partial charge is 0.305 e. The monoisotopic (exact) mass is 2090 g/mol. The molecule has 24 N–H and O–H groups in total. The summed E-state index contributed by atoms with van der Waals surface area (Å²) in [5.74, 6) is -21.1. The molecule has 3 aromatic carbocycles. The molecule has 0 radical (unpaired) electrons. The average Bonchev–Trinajstić information content (AvgIpc) is 1.68. The Morgan fingerprint density at radius 3 is 1.74 bits per heavy atom. The van der Waals surface area contributed by atoms with Gasteiger partial charge in [-0.15, -0.1) is 24.1 Å². The van der Waals surface area contributed by atoms with Crippen LogP contribution in [0.4, 0.5) is 0 Å². The molecule has 3 fully saturated rings. The number of terminal acetylenes is 1. The van der Waals surface area contributed by atoms with Gasteiger partial charge in [-0.25, -0.2) is 4.98 Å². The molecule has 9 rings (SSSR count). The number of para-hydroxylation sites is 2. The van der Waals surface area contributed by atoms with Crippen molar-refractivity contribution in [2.24, 2.45) is 23.1 Å². The van der Waals surface area contributed by atoms with Gasteiger partial charge in [-0.2, -0.15) is 0 Å². The number of nitrogens with two attached hydrogens (primary N) is 3. The quantitative estimate of drug-likeness (QED) is 0.0154. The number of carbonyl (C=O) groups is 20. The third-order valence-corrected chi connectivity index (χ3v) is 27.7. The molecule has 808 valence electrons. The zero-order valence-electron chi connectivity index (χ0n) is 84.5. The number of aromatic amines is 3. The zero-order chi connectivity index (χ0) is 109. The van der Waals surface area contributed by atoms with Crippen molar-refractivity contribution in [3.05, 3.63) is 120 Å². The maximum Gasteiger partial charge on any atom is 0.305 e. The van der Waals surface area contributed by atoms with Gasteiger partial charge >= 0.3 is 11.9 Å². The van der Waals surface area contributed by atoms with Crippen LogP contribution in [0.15, 0.2) is 97.7 Å². The number of phenolic OH excluding ortho intramolecular Hbond substituents is 1. The number of nitrogens with zero attached hydrogens (tertiary/aromatic N) is 6. The highest BCUT2D eigenvalue weighted by Crippen LogP contribution is 2.31. The Morgan fingerprint density at radius 1 is 0.557 bits per heavy atom. The first-order valence-electron chi connectivity index (χ1n) is 50.1. The van der Waals surface area contributed by atoms with Crippen LogP contribution in [0.3, 0.4) is 0 Å². The van der Waals surface area contributed by atoms with E-state index in [1.165, 1.54) is 57.8 Å². The van der Waals surface area contributed by atoms with Crippen molar-refractivity contribution in [1.29, 1.82) is 0 Å². The lowest BCUT2D eigenvalue weighted by molar-refractivity contribution is -0.149. The average molecular weight is 2090 g/mol. The van der Waals surface area contributed by atoms with Crippen LogP contribution < -0.4 is 75.7 Å². The van der Waals surface area contributed by atoms with Gasteiger partial charge in [0, 0.05) is 131 Å². The number of aliphatic carboxylic acids is 2. The number of carboxylic acids is 2. The molecule has 149 heavy (non-hydrogen) atoms. The van der Waals surface area contributed by atoms with E-state index in [0.29, 0.717) is 75.9 Å². The van der Waals surface area contributed by atoms with E-state index in [0.717, 1.165) is 31.5 Å². The Kier molecular flexibility index (Phi) is 45.8. The third kappa shape index (κ3) is 34.4. The fourth-order valence-corrected chi connectivity index (χ4v) is 19.1. The minimum atomic E-state index is -1.95. The number of fused-ring (bicyclic) bond motifs is 4. The van der Waals surface area contributed by atoms with Gasteiger partial charge in [-0.05, 0) is 138 Å². The number of aromatic nitrogens is 4. The first kappa shape index (κ1) is 118. The number of rotatable bonds is 35. The number of benzene rings is 3. The molecule has 6 heterocycles. The Bertz CT molecular complexity index is 5750. The number of phenols is 1. The molecule has 6 aromatic rings. The van der Waals surface area contributed by atoms with Crippen molar-refractivity contribution in [1.82, 2.24) is 103 Å². The minimum absolute atomic E-state index is 0.0525. The minimum Gasteiger partial charge on any atom is -0.508 e. The number of aliphatic hydroxyl groups excluding tert-OH is 1. The van der Waals surface area contributed by atoms with Crippen LogP contribution in [0.5, 0.6) is 5.75 Å². The van der Waals surface area contributed by atoms with E-state index in [-0.39, 0.29) is 127 Å². The number of primary amides is 1. The second kappa shape index (κ2) is 58.0. The Morgan fingerprint density at radius 2 is 1.12 bits per heavy atom. The van der Waals surface area contributed by atoms with Crippen molar-refractivity contribution in [2.45, 2.75) is 266 Å². The summed E-state index contributed by atoms with van der Waals surface area (Å²) in [7, 11) is 3.78. The van der Waals surface area contributed by atoms with Gasteiger partial charge in [0.1, 0.15) is 84.3 Å². The number of carboxylic acid groups (broad SMARTS) is 2. The lowest BCUT2D eigenvalue weighted by atomic mass is 9.90. The number of thioether (sulfide) groups is 1. The number of H-pyrrole nitrogens is 3. The number of Topliss-reactive ketones (excluding diaryl/α,β-unsaturated/α-hetero) is 1. The molecule has 16 atom stereocenters. The van der Waals surface area contributed by atoms with E-state index in [4.69, 9.17) is 23.6 Å². The van der Waals surface area contributed by atoms with E-state index < -0.39 is 278 Å². The van der Waals surface area contributed by atoms with Crippen molar-refractivity contribution >= 4 is 152 Å². The maximum absolute atomic E-state index is 16.0. The summed E-state index contributed by atoms with van der Waals surface area (Å²) in [6.07, 6.45) is 7.15. The summed E-state index contributed by atoms with van der Waals surface area (Å²) in [4.78, 5) is 311. The third-order valence-electron chi connectivity index (χ3n) is 26.6. The largest absolute Gasteiger partial charge is 0.508 e. The molecule has 47 nitrogen and oxygen atoms in total. The van der Waals surface area contributed by atoms with E-state index in [2.05, 4.69) is 84.3 Å². The molecule has 3 aromatic heterocycles. The van der Waals surface area contributed by atoms with Gasteiger partial charge in [-0.3, -0.25) is 95.9 Å². The fourth-order valence-electron chi connectivity index (χ4n) is 18.3. The first-order valence-corrected chi connectivity index (χ1v) is 51.2.